The molecule has 0 saturated heterocycles. The number of nitro benzene ring substituents is 1. The van der Waals surface area contributed by atoms with Gasteiger partial charge in [-0.2, -0.15) is 9.78 Å². The molecule has 0 saturated carbocycles. The number of fused-ring (bicyclic) bond motifs is 1. The van der Waals surface area contributed by atoms with Crippen LogP contribution in [0.15, 0.2) is 94.8 Å². The van der Waals surface area contributed by atoms with Crippen molar-refractivity contribution in [3.8, 4) is 17.1 Å². The topological polar surface area (TPSA) is 99.6 Å². The largest absolute Gasteiger partial charge is 0.481 e. The maximum atomic E-state index is 13.3. The highest BCUT2D eigenvalue weighted by Gasteiger charge is 2.21. The van der Waals surface area contributed by atoms with Gasteiger partial charge >= 0.3 is 5.69 Å². The lowest BCUT2D eigenvalue weighted by Crippen LogP contribution is -2.20. The Morgan fingerprint density at radius 1 is 0.923 bits per heavy atom. The Bertz CT molecular complexity index is 1810. The van der Waals surface area contributed by atoms with Gasteiger partial charge in [0.15, 0.2) is 5.82 Å². The van der Waals surface area contributed by atoms with Crippen molar-refractivity contribution in [3.63, 3.8) is 0 Å². The van der Waals surface area contributed by atoms with Gasteiger partial charge in [0.05, 0.1) is 37.1 Å². The Hall–Kier alpha value is -4.24. The van der Waals surface area contributed by atoms with Crippen LogP contribution >= 0.6 is 34.8 Å². The lowest BCUT2D eigenvalue weighted by molar-refractivity contribution is -0.385. The molecule has 11 heteroatoms. The maximum absolute atomic E-state index is 13.3. The summed E-state index contributed by atoms with van der Waals surface area (Å²) in [7, 11) is 0. The smallest absolute Gasteiger partial charge is 0.313 e. The van der Waals surface area contributed by atoms with Gasteiger partial charge in [-0.3, -0.25) is 14.9 Å². The molecule has 0 aliphatic heterocycles. The number of halogens is 3. The Kier molecular flexibility index (Phi) is 7.60. The third-order valence-corrected chi connectivity index (χ3v) is 6.74. The number of nitrogens with zero attached hydrogens (tertiary/aromatic N) is 4. The van der Waals surface area contributed by atoms with Gasteiger partial charge in [0.25, 0.3) is 5.56 Å². The third-order valence-electron chi connectivity index (χ3n) is 5.72. The summed E-state index contributed by atoms with van der Waals surface area (Å²) >= 11 is 18.4. The number of hydrogen-bond donors (Lipinski definition) is 0. The molecule has 5 aromatic rings. The van der Waals surface area contributed by atoms with Crippen LogP contribution in [0.3, 0.4) is 0 Å². The van der Waals surface area contributed by atoms with E-state index in [1.54, 1.807) is 42.5 Å². The molecule has 0 spiro atoms. The lowest BCUT2D eigenvalue weighted by atomic mass is 10.2. The SMILES string of the molecule is O=c1c2ccccc2nc(-c2ccccc2)n1N=Cc1cc(Cl)c(OCc2ccc(Cl)c(Cl)c2)c([N+](=O)[O-])c1. The van der Waals surface area contributed by atoms with E-state index in [2.05, 4.69) is 10.1 Å². The van der Waals surface area contributed by atoms with Crippen molar-refractivity contribution in [2.75, 3.05) is 0 Å². The summed E-state index contributed by atoms with van der Waals surface area (Å²) in [4.78, 5) is 29.2. The predicted octanol–water partition coefficient (Wildman–Crippen LogP) is 7.39. The molecule has 194 valence electrons. The van der Waals surface area contributed by atoms with Gasteiger partial charge in [0.2, 0.25) is 5.75 Å². The first-order chi connectivity index (χ1) is 18.8. The summed E-state index contributed by atoms with van der Waals surface area (Å²) in [6.07, 6.45) is 1.31. The molecule has 0 N–H and O–H groups in total. The maximum Gasteiger partial charge on any atom is 0.313 e. The zero-order chi connectivity index (χ0) is 27.5. The average molecular weight is 580 g/mol. The van der Waals surface area contributed by atoms with E-state index in [-0.39, 0.29) is 28.6 Å². The molecular weight excluding hydrogens is 563 g/mol. The van der Waals surface area contributed by atoms with E-state index in [0.29, 0.717) is 37.9 Å². The highest BCUT2D eigenvalue weighted by Crippen LogP contribution is 2.37. The quantitative estimate of drug-likeness (QED) is 0.114. The molecule has 1 aromatic heterocycles. The van der Waals surface area contributed by atoms with Crippen LogP contribution in [0.2, 0.25) is 15.1 Å². The Morgan fingerprint density at radius 3 is 2.41 bits per heavy atom. The molecule has 0 aliphatic carbocycles. The second kappa shape index (κ2) is 11.2. The average Bonchev–Trinajstić information content (AvgIpc) is 2.94. The first kappa shape index (κ1) is 26.4. The summed E-state index contributed by atoms with van der Waals surface area (Å²) in [5.41, 5.74) is 1.38. The highest BCUT2D eigenvalue weighted by atomic mass is 35.5. The van der Waals surface area contributed by atoms with Crippen molar-refractivity contribution in [2.45, 2.75) is 6.61 Å². The molecule has 4 aromatic carbocycles. The number of aromatic nitrogens is 2. The Labute approximate surface area is 236 Å². The van der Waals surface area contributed by atoms with Gasteiger partial charge in [-0.25, -0.2) is 4.98 Å². The zero-order valence-corrected chi connectivity index (χ0v) is 22.2. The standard InChI is InChI=1S/C28H17Cl3N4O4/c29-21-11-10-17(12-22(21)30)16-39-26-23(31)13-18(14-25(26)35(37)38)15-32-34-27(19-6-2-1-3-7-19)33-24-9-5-4-8-20(24)28(34)36/h1-15H,16H2. The van der Waals surface area contributed by atoms with Crippen LogP contribution in [0.4, 0.5) is 5.69 Å². The van der Waals surface area contributed by atoms with E-state index in [9.17, 15) is 14.9 Å². The monoisotopic (exact) mass is 578 g/mol. The molecule has 1 heterocycles. The molecular formula is C28H17Cl3N4O4. The first-order valence-electron chi connectivity index (χ1n) is 11.5. The van der Waals surface area contributed by atoms with Gasteiger partial charge in [-0.1, -0.05) is 83.3 Å². The van der Waals surface area contributed by atoms with E-state index < -0.39 is 10.5 Å². The minimum Gasteiger partial charge on any atom is -0.481 e. The zero-order valence-electron chi connectivity index (χ0n) is 19.9. The highest BCUT2D eigenvalue weighted by molar-refractivity contribution is 6.42. The normalized spacial score (nSPS) is 11.3. The second-order valence-corrected chi connectivity index (χ2v) is 9.55. The number of benzene rings is 4. The second-order valence-electron chi connectivity index (χ2n) is 8.33. The van der Waals surface area contributed by atoms with Gasteiger partial charge in [0, 0.05) is 17.2 Å². The summed E-state index contributed by atoms with van der Waals surface area (Å²) in [5, 5.41) is 17.3. The van der Waals surface area contributed by atoms with Crippen LogP contribution < -0.4 is 10.3 Å². The van der Waals surface area contributed by atoms with Crippen LogP contribution in [-0.2, 0) is 6.61 Å². The molecule has 0 radical (unpaired) electrons. The van der Waals surface area contributed by atoms with Gasteiger partial charge in [-0.15, -0.1) is 0 Å². The lowest BCUT2D eigenvalue weighted by Gasteiger charge is -2.11. The molecule has 5 rings (SSSR count). The van der Waals surface area contributed by atoms with Crippen molar-refractivity contribution in [1.82, 2.24) is 9.66 Å². The molecule has 0 aliphatic rings. The molecule has 0 amide bonds. The van der Waals surface area contributed by atoms with E-state index >= 15 is 0 Å². The Balaban J connectivity index is 1.53. The number of ether oxygens (including phenoxy) is 1. The minimum atomic E-state index is -0.605. The van der Waals surface area contributed by atoms with Crippen LogP contribution in [0, 0.1) is 10.1 Å². The van der Waals surface area contributed by atoms with Gasteiger partial charge < -0.3 is 4.74 Å². The summed E-state index contributed by atoms with van der Waals surface area (Å²) in [5.74, 6) is 0.206. The molecule has 39 heavy (non-hydrogen) atoms. The number of hydrogen-bond acceptors (Lipinski definition) is 6. The van der Waals surface area contributed by atoms with E-state index in [1.165, 1.54) is 18.3 Å². The van der Waals surface area contributed by atoms with Crippen molar-refractivity contribution in [1.29, 1.82) is 0 Å². The Morgan fingerprint density at radius 2 is 1.67 bits per heavy atom. The molecule has 0 fully saturated rings. The molecule has 0 atom stereocenters. The van der Waals surface area contributed by atoms with Crippen molar-refractivity contribution in [2.24, 2.45) is 5.10 Å². The van der Waals surface area contributed by atoms with Crippen LogP contribution in [-0.4, -0.2) is 20.8 Å². The fourth-order valence-electron chi connectivity index (χ4n) is 3.87. The molecule has 0 unspecified atom stereocenters. The van der Waals surface area contributed by atoms with Crippen LogP contribution in [0.1, 0.15) is 11.1 Å². The van der Waals surface area contributed by atoms with Gasteiger partial charge in [0.1, 0.15) is 6.61 Å². The molecule has 0 bridgehead atoms. The van der Waals surface area contributed by atoms with E-state index in [0.717, 1.165) is 4.68 Å². The fourth-order valence-corrected chi connectivity index (χ4v) is 4.46. The summed E-state index contributed by atoms with van der Waals surface area (Å²) < 4.78 is 6.85. The van der Waals surface area contributed by atoms with Crippen molar-refractivity contribution in [3.05, 3.63) is 132 Å². The number of para-hydroxylation sites is 1. The molecule has 8 nitrogen and oxygen atoms in total. The fraction of sp³-hybridized carbons (Fsp3) is 0.0357. The van der Waals surface area contributed by atoms with E-state index in [4.69, 9.17) is 39.5 Å². The van der Waals surface area contributed by atoms with Crippen molar-refractivity contribution < 1.29 is 9.66 Å². The van der Waals surface area contributed by atoms with Gasteiger partial charge in [-0.05, 0) is 35.9 Å². The first-order valence-corrected chi connectivity index (χ1v) is 12.6. The number of rotatable bonds is 7. The third kappa shape index (κ3) is 5.63. The van der Waals surface area contributed by atoms with Crippen molar-refractivity contribution >= 4 is 57.6 Å². The predicted molar refractivity (Wildman–Crippen MR) is 153 cm³/mol. The van der Waals surface area contributed by atoms with E-state index in [1.807, 2.05) is 30.3 Å². The summed E-state index contributed by atoms with van der Waals surface area (Å²) in [6.45, 7) is -0.0243. The summed E-state index contributed by atoms with van der Waals surface area (Å²) in [6, 6.07) is 23.7. The minimum absolute atomic E-state index is 0.00187. The number of nitro groups is 1. The van der Waals surface area contributed by atoms with Crippen LogP contribution in [0.5, 0.6) is 5.75 Å². The van der Waals surface area contributed by atoms with Crippen LogP contribution in [0.25, 0.3) is 22.3 Å².